The first-order valence-corrected chi connectivity index (χ1v) is 6.82. The van der Waals surface area contributed by atoms with Crippen LogP contribution in [0.25, 0.3) is 0 Å². The molecule has 0 heterocycles. The fourth-order valence-electron chi connectivity index (χ4n) is 2.24. The van der Waals surface area contributed by atoms with E-state index < -0.39 is 30.4 Å². The van der Waals surface area contributed by atoms with Crippen molar-refractivity contribution < 1.29 is 31.5 Å². The van der Waals surface area contributed by atoms with Crippen LogP contribution in [-0.2, 0) is 4.79 Å². The van der Waals surface area contributed by atoms with Crippen LogP contribution in [-0.4, -0.2) is 18.1 Å². The Hall–Kier alpha value is -1.66. The number of halogens is 5. The Bertz CT molecular complexity index is 528. The zero-order valence-corrected chi connectivity index (χ0v) is 11.8. The highest BCUT2D eigenvalue weighted by Gasteiger charge is 2.45. The lowest BCUT2D eigenvalue weighted by molar-refractivity contribution is -0.177. The smallest absolute Gasteiger partial charge is 0.392 e. The Labute approximate surface area is 124 Å². The summed E-state index contributed by atoms with van der Waals surface area (Å²) in [4.78, 5) is 11.4. The van der Waals surface area contributed by atoms with Crippen LogP contribution < -0.4 is 4.74 Å². The van der Waals surface area contributed by atoms with Crippen molar-refractivity contribution in [2.24, 2.45) is 5.92 Å². The van der Waals surface area contributed by atoms with E-state index in [4.69, 9.17) is 4.74 Å². The number of carbonyl (C=O) groups is 1. The molecule has 0 amide bonds. The van der Waals surface area contributed by atoms with Crippen LogP contribution in [0.2, 0.25) is 0 Å². The van der Waals surface area contributed by atoms with E-state index in [-0.39, 0.29) is 24.5 Å². The fourth-order valence-corrected chi connectivity index (χ4v) is 2.24. The quantitative estimate of drug-likeness (QED) is 0.456. The van der Waals surface area contributed by atoms with E-state index in [9.17, 15) is 26.7 Å². The summed E-state index contributed by atoms with van der Waals surface area (Å²) >= 11 is 0. The number of ether oxygens (including phenoxy) is 1. The first kappa shape index (κ1) is 16.7. The minimum Gasteiger partial charge on any atom is -0.427 e. The zero-order valence-electron chi connectivity index (χ0n) is 11.8. The van der Waals surface area contributed by atoms with Crippen molar-refractivity contribution in [1.82, 2.24) is 0 Å². The molecular weight excluding hydrogens is 307 g/mol. The average molecular weight is 322 g/mol. The van der Waals surface area contributed by atoms with E-state index in [1.807, 2.05) is 0 Å². The third kappa shape index (κ3) is 4.18. The van der Waals surface area contributed by atoms with Crippen LogP contribution in [0.1, 0.15) is 37.7 Å². The van der Waals surface area contributed by atoms with Gasteiger partial charge in [0.15, 0.2) is 0 Å². The summed E-state index contributed by atoms with van der Waals surface area (Å²) in [5, 5.41) is 0. The topological polar surface area (TPSA) is 26.3 Å². The highest BCUT2D eigenvalue weighted by atomic mass is 19.4. The van der Waals surface area contributed by atoms with Crippen molar-refractivity contribution in [2.45, 2.75) is 44.2 Å². The minimum atomic E-state index is -4.45. The van der Waals surface area contributed by atoms with Crippen molar-refractivity contribution in [3.05, 3.63) is 29.8 Å². The van der Waals surface area contributed by atoms with Crippen LogP contribution in [0.5, 0.6) is 5.75 Å². The fraction of sp³-hybridized carbons (Fsp3) is 0.533. The zero-order chi connectivity index (χ0) is 16.5. The predicted octanol–water partition coefficient (Wildman–Crippen LogP) is 4.69. The molecule has 1 unspecified atom stereocenters. The Balaban J connectivity index is 1.88. The molecule has 0 aromatic heterocycles. The van der Waals surface area contributed by atoms with Gasteiger partial charge in [0.05, 0.1) is 12.3 Å². The van der Waals surface area contributed by atoms with Gasteiger partial charge in [0.2, 0.25) is 5.92 Å². The van der Waals surface area contributed by atoms with E-state index in [2.05, 4.69) is 0 Å². The van der Waals surface area contributed by atoms with Gasteiger partial charge in [0, 0.05) is 12.8 Å². The molecule has 22 heavy (non-hydrogen) atoms. The molecule has 1 aliphatic rings. The second-order valence-electron chi connectivity index (χ2n) is 5.65. The molecule has 2 rings (SSSR count). The molecule has 1 atom stereocenters. The first-order valence-electron chi connectivity index (χ1n) is 6.82. The molecule has 1 aromatic carbocycles. The lowest BCUT2D eigenvalue weighted by Gasteiger charge is -2.35. The van der Waals surface area contributed by atoms with E-state index in [1.54, 1.807) is 12.1 Å². The minimum absolute atomic E-state index is 0.106. The average Bonchev–Trinajstić information content (AvgIpc) is 2.35. The summed E-state index contributed by atoms with van der Waals surface area (Å²) in [5.74, 6) is -5.51. The SMILES string of the molecule is CC(CC(=O)Oc1ccc(C2CC(F)(F)C2)cc1)C(F)(F)F. The van der Waals surface area contributed by atoms with Gasteiger partial charge in [-0.1, -0.05) is 19.1 Å². The maximum Gasteiger partial charge on any atom is 0.392 e. The number of rotatable bonds is 4. The Kier molecular flexibility index (Phi) is 4.44. The Morgan fingerprint density at radius 3 is 2.27 bits per heavy atom. The Morgan fingerprint density at radius 2 is 1.82 bits per heavy atom. The molecule has 0 spiro atoms. The lowest BCUT2D eigenvalue weighted by Crippen LogP contribution is -2.33. The van der Waals surface area contributed by atoms with E-state index in [0.717, 1.165) is 6.92 Å². The largest absolute Gasteiger partial charge is 0.427 e. The molecule has 0 bridgehead atoms. The van der Waals surface area contributed by atoms with Gasteiger partial charge < -0.3 is 4.74 Å². The highest BCUT2D eigenvalue weighted by Crippen LogP contribution is 2.48. The van der Waals surface area contributed by atoms with Crippen LogP contribution in [0, 0.1) is 5.92 Å². The normalized spacial score (nSPS) is 19.4. The number of hydrogen-bond donors (Lipinski definition) is 0. The first-order chi connectivity index (χ1) is 10.1. The highest BCUT2D eigenvalue weighted by molar-refractivity contribution is 5.72. The predicted molar refractivity (Wildman–Crippen MR) is 68.8 cm³/mol. The van der Waals surface area contributed by atoms with Crippen LogP contribution in [0.15, 0.2) is 24.3 Å². The van der Waals surface area contributed by atoms with E-state index in [0.29, 0.717) is 5.56 Å². The van der Waals surface area contributed by atoms with Gasteiger partial charge >= 0.3 is 12.1 Å². The van der Waals surface area contributed by atoms with Crippen molar-refractivity contribution >= 4 is 5.97 Å². The molecule has 1 aromatic rings. The van der Waals surface area contributed by atoms with E-state index in [1.165, 1.54) is 12.1 Å². The molecule has 1 aliphatic carbocycles. The van der Waals surface area contributed by atoms with Gasteiger partial charge in [-0.25, -0.2) is 8.78 Å². The third-order valence-electron chi connectivity index (χ3n) is 3.70. The number of benzene rings is 1. The van der Waals surface area contributed by atoms with Gasteiger partial charge in [-0.15, -0.1) is 0 Å². The van der Waals surface area contributed by atoms with Crippen LogP contribution in [0.4, 0.5) is 22.0 Å². The van der Waals surface area contributed by atoms with Crippen molar-refractivity contribution in [3.63, 3.8) is 0 Å². The maximum atomic E-state index is 12.8. The number of carbonyl (C=O) groups excluding carboxylic acids is 1. The standard InChI is InChI=1S/C15H15F5O2/c1-9(15(18,19)20)6-13(21)22-12-4-2-10(3-5-12)11-7-14(16,17)8-11/h2-5,9,11H,6-8H2,1H3. The van der Waals surface area contributed by atoms with Gasteiger partial charge in [-0.2, -0.15) is 13.2 Å². The summed E-state index contributed by atoms with van der Waals surface area (Å²) in [7, 11) is 0. The third-order valence-corrected chi connectivity index (χ3v) is 3.70. The molecule has 0 saturated heterocycles. The molecule has 2 nitrogen and oxygen atoms in total. The summed E-state index contributed by atoms with van der Waals surface area (Å²) < 4.78 is 67.4. The van der Waals surface area contributed by atoms with Crippen molar-refractivity contribution in [3.8, 4) is 5.75 Å². The molecule has 0 aliphatic heterocycles. The number of hydrogen-bond acceptors (Lipinski definition) is 2. The number of alkyl halides is 5. The monoisotopic (exact) mass is 322 g/mol. The van der Waals surface area contributed by atoms with Crippen molar-refractivity contribution in [2.75, 3.05) is 0 Å². The summed E-state index contributed by atoms with van der Waals surface area (Å²) in [6.07, 6.45) is -5.64. The van der Waals surface area contributed by atoms with Crippen LogP contribution in [0.3, 0.4) is 0 Å². The summed E-state index contributed by atoms with van der Waals surface area (Å²) in [6, 6.07) is 5.91. The van der Waals surface area contributed by atoms with Gasteiger partial charge in [-0.3, -0.25) is 4.79 Å². The molecule has 0 radical (unpaired) electrons. The number of esters is 1. The second kappa shape index (κ2) is 5.85. The summed E-state index contributed by atoms with van der Waals surface area (Å²) in [6.45, 7) is 0.904. The van der Waals surface area contributed by atoms with Crippen LogP contribution >= 0.6 is 0 Å². The maximum absolute atomic E-state index is 12.8. The van der Waals surface area contributed by atoms with Gasteiger partial charge in [0.25, 0.3) is 0 Å². The van der Waals surface area contributed by atoms with Gasteiger partial charge in [0.1, 0.15) is 5.75 Å². The molecule has 0 N–H and O–H groups in total. The second-order valence-corrected chi connectivity index (χ2v) is 5.65. The lowest BCUT2D eigenvalue weighted by atomic mass is 9.77. The molecule has 1 saturated carbocycles. The summed E-state index contributed by atoms with van der Waals surface area (Å²) in [5.41, 5.74) is 0.703. The van der Waals surface area contributed by atoms with Crippen molar-refractivity contribution in [1.29, 1.82) is 0 Å². The molecule has 7 heteroatoms. The molecule has 1 fully saturated rings. The van der Waals surface area contributed by atoms with Gasteiger partial charge in [-0.05, 0) is 23.6 Å². The molecule has 122 valence electrons. The van der Waals surface area contributed by atoms with E-state index >= 15 is 0 Å². The Morgan fingerprint density at radius 1 is 1.27 bits per heavy atom. The molecular formula is C15H15F5O2.